The van der Waals surface area contributed by atoms with E-state index in [1.165, 1.54) is 12.8 Å². The lowest BCUT2D eigenvalue weighted by Gasteiger charge is -2.26. The zero-order valence-corrected chi connectivity index (χ0v) is 15.5. The molecule has 0 saturated carbocycles. The highest BCUT2D eigenvalue weighted by Gasteiger charge is 2.45. The molecule has 0 spiro atoms. The van der Waals surface area contributed by atoms with Gasteiger partial charge in [0.1, 0.15) is 5.75 Å². The largest absolute Gasteiger partial charge is 0.497 e. The number of rotatable bonds is 8. The minimum Gasteiger partial charge on any atom is -0.497 e. The normalized spacial score (nSPS) is 21.2. The van der Waals surface area contributed by atoms with Gasteiger partial charge in [0.25, 0.3) is 0 Å². The molecule has 2 rings (SSSR count). The number of anilines is 1. The first kappa shape index (κ1) is 18.6. The van der Waals surface area contributed by atoms with Crippen LogP contribution in [0.2, 0.25) is 0 Å². The van der Waals surface area contributed by atoms with E-state index in [0.717, 1.165) is 37.2 Å². The summed E-state index contributed by atoms with van der Waals surface area (Å²) < 4.78 is 5.21. The van der Waals surface area contributed by atoms with Crippen LogP contribution in [0.15, 0.2) is 36.4 Å². The van der Waals surface area contributed by atoms with Crippen LogP contribution < -0.4 is 9.64 Å². The van der Waals surface area contributed by atoms with E-state index in [2.05, 4.69) is 32.9 Å². The van der Waals surface area contributed by atoms with Crippen LogP contribution in [0, 0.1) is 11.3 Å². The SMILES string of the molecule is CCCC/C=C/[C@]1(CC(C)C)CCN(c2ccc(OC)cc2)C1=O. The van der Waals surface area contributed by atoms with Crippen molar-refractivity contribution in [3.05, 3.63) is 36.4 Å². The lowest BCUT2D eigenvalue weighted by Crippen LogP contribution is -2.34. The topological polar surface area (TPSA) is 29.5 Å². The Morgan fingerprint density at radius 3 is 2.58 bits per heavy atom. The number of hydrogen-bond acceptors (Lipinski definition) is 2. The van der Waals surface area contributed by atoms with Gasteiger partial charge in [0.15, 0.2) is 0 Å². The van der Waals surface area contributed by atoms with E-state index in [1.807, 2.05) is 29.2 Å². The Labute approximate surface area is 146 Å². The van der Waals surface area contributed by atoms with Gasteiger partial charge in [-0.15, -0.1) is 0 Å². The third-order valence-electron chi connectivity index (χ3n) is 4.77. The van der Waals surface area contributed by atoms with Crippen LogP contribution in [0.5, 0.6) is 5.75 Å². The van der Waals surface area contributed by atoms with Crippen LogP contribution in [0.4, 0.5) is 5.69 Å². The maximum atomic E-state index is 13.2. The van der Waals surface area contributed by atoms with E-state index in [9.17, 15) is 4.79 Å². The zero-order valence-electron chi connectivity index (χ0n) is 15.5. The smallest absolute Gasteiger partial charge is 0.237 e. The molecule has 3 heteroatoms. The van der Waals surface area contributed by atoms with Crippen LogP contribution in [0.3, 0.4) is 0 Å². The zero-order chi connectivity index (χ0) is 17.6. The molecule has 0 N–H and O–H groups in total. The van der Waals surface area contributed by atoms with Gasteiger partial charge in [-0.05, 0) is 49.4 Å². The molecule has 1 saturated heterocycles. The molecule has 0 radical (unpaired) electrons. The van der Waals surface area contributed by atoms with Crippen molar-refractivity contribution in [2.45, 2.75) is 52.9 Å². The van der Waals surface area contributed by atoms with E-state index >= 15 is 0 Å². The van der Waals surface area contributed by atoms with Crippen molar-refractivity contribution in [2.24, 2.45) is 11.3 Å². The van der Waals surface area contributed by atoms with Crippen LogP contribution in [-0.4, -0.2) is 19.6 Å². The molecule has 1 amide bonds. The van der Waals surface area contributed by atoms with Gasteiger partial charge in [-0.1, -0.05) is 45.8 Å². The number of nitrogens with zero attached hydrogens (tertiary/aromatic N) is 1. The van der Waals surface area contributed by atoms with Crippen molar-refractivity contribution in [2.75, 3.05) is 18.6 Å². The molecule has 1 aliphatic rings. The Kier molecular flexibility index (Phi) is 6.47. The second-order valence-electron chi connectivity index (χ2n) is 7.20. The van der Waals surface area contributed by atoms with Crippen LogP contribution >= 0.6 is 0 Å². The highest BCUT2D eigenvalue weighted by Crippen LogP contribution is 2.41. The molecular weight excluding hydrogens is 298 g/mol. The number of ether oxygens (including phenoxy) is 1. The summed E-state index contributed by atoms with van der Waals surface area (Å²) in [7, 11) is 1.66. The minimum absolute atomic E-state index is 0.245. The second kappa shape index (κ2) is 8.36. The van der Waals surface area contributed by atoms with Gasteiger partial charge < -0.3 is 9.64 Å². The first-order valence-corrected chi connectivity index (χ1v) is 9.16. The van der Waals surface area contributed by atoms with E-state index < -0.39 is 0 Å². The van der Waals surface area contributed by atoms with Gasteiger partial charge >= 0.3 is 0 Å². The third kappa shape index (κ3) is 4.19. The van der Waals surface area contributed by atoms with Crippen molar-refractivity contribution in [3.8, 4) is 5.75 Å². The second-order valence-corrected chi connectivity index (χ2v) is 7.20. The Hall–Kier alpha value is -1.77. The van der Waals surface area contributed by atoms with Crippen LogP contribution in [-0.2, 0) is 4.79 Å². The summed E-state index contributed by atoms with van der Waals surface area (Å²) in [6, 6.07) is 7.79. The molecule has 3 nitrogen and oxygen atoms in total. The van der Waals surface area contributed by atoms with E-state index in [0.29, 0.717) is 5.92 Å². The number of carbonyl (C=O) groups excluding carboxylic acids is 1. The summed E-state index contributed by atoms with van der Waals surface area (Å²) in [5.41, 5.74) is 0.635. The van der Waals surface area contributed by atoms with Crippen molar-refractivity contribution in [1.29, 1.82) is 0 Å². The summed E-state index contributed by atoms with van der Waals surface area (Å²) in [6.45, 7) is 7.38. The Bertz CT molecular complexity index is 562. The molecule has 24 heavy (non-hydrogen) atoms. The van der Waals surface area contributed by atoms with Gasteiger partial charge in [0.2, 0.25) is 5.91 Å². The maximum Gasteiger partial charge on any atom is 0.237 e. The molecule has 132 valence electrons. The van der Waals surface area contributed by atoms with Crippen LogP contribution in [0.25, 0.3) is 0 Å². The lowest BCUT2D eigenvalue weighted by atomic mass is 9.78. The summed E-state index contributed by atoms with van der Waals surface area (Å²) in [5.74, 6) is 1.56. The fourth-order valence-electron chi connectivity index (χ4n) is 3.57. The number of benzene rings is 1. The molecule has 1 aromatic carbocycles. The quantitative estimate of drug-likeness (QED) is 0.484. The van der Waals surface area contributed by atoms with E-state index in [-0.39, 0.29) is 11.3 Å². The summed E-state index contributed by atoms with van der Waals surface area (Å²) in [5, 5.41) is 0. The van der Waals surface area contributed by atoms with E-state index in [1.54, 1.807) is 7.11 Å². The standard InChI is InChI=1S/C21H31NO2/c1-5-6-7-8-13-21(16-17(2)3)14-15-22(20(21)23)18-9-11-19(24-4)12-10-18/h8-13,17H,5-7,14-16H2,1-4H3/b13-8+/t21-/m1/s1. The monoisotopic (exact) mass is 329 g/mol. The average Bonchev–Trinajstić information content (AvgIpc) is 2.88. The van der Waals surface area contributed by atoms with Gasteiger partial charge in [-0.25, -0.2) is 0 Å². The van der Waals surface area contributed by atoms with E-state index in [4.69, 9.17) is 4.74 Å². The molecule has 1 heterocycles. The molecular formula is C21H31NO2. The predicted molar refractivity (Wildman–Crippen MR) is 101 cm³/mol. The molecule has 1 fully saturated rings. The Morgan fingerprint density at radius 1 is 1.29 bits per heavy atom. The number of unbranched alkanes of at least 4 members (excludes halogenated alkanes) is 2. The van der Waals surface area contributed by atoms with Crippen molar-refractivity contribution in [1.82, 2.24) is 0 Å². The van der Waals surface area contributed by atoms with Crippen molar-refractivity contribution in [3.63, 3.8) is 0 Å². The average molecular weight is 329 g/mol. The maximum absolute atomic E-state index is 13.2. The highest BCUT2D eigenvalue weighted by molar-refractivity contribution is 6.01. The molecule has 0 aliphatic carbocycles. The van der Waals surface area contributed by atoms with Crippen LogP contribution in [0.1, 0.15) is 52.9 Å². The minimum atomic E-state index is -0.332. The molecule has 1 atom stereocenters. The molecule has 1 aliphatic heterocycles. The highest BCUT2D eigenvalue weighted by atomic mass is 16.5. The first-order chi connectivity index (χ1) is 11.5. The molecule has 1 aromatic rings. The van der Waals surface area contributed by atoms with Gasteiger partial charge in [0.05, 0.1) is 12.5 Å². The summed E-state index contributed by atoms with van der Waals surface area (Å²) in [6.07, 6.45) is 9.68. The lowest BCUT2D eigenvalue weighted by molar-refractivity contribution is -0.124. The first-order valence-electron chi connectivity index (χ1n) is 9.16. The number of amides is 1. The number of allylic oxidation sites excluding steroid dienone is 1. The Balaban J connectivity index is 2.20. The molecule has 0 aromatic heterocycles. The summed E-state index contributed by atoms with van der Waals surface area (Å²) in [4.78, 5) is 15.2. The number of methoxy groups -OCH3 is 1. The molecule has 0 bridgehead atoms. The predicted octanol–water partition coefficient (Wildman–Crippen LogP) is 5.21. The van der Waals surface area contributed by atoms with Gasteiger partial charge in [-0.3, -0.25) is 4.79 Å². The van der Waals surface area contributed by atoms with Gasteiger partial charge in [0, 0.05) is 12.2 Å². The van der Waals surface area contributed by atoms with Gasteiger partial charge in [-0.2, -0.15) is 0 Å². The van der Waals surface area contributed by atoms with Crippen molar-refractivity contribution < 1.29 is 9.53 Å². The summed E-state index contributed by atoms with van der Waals surface area (Å²) >= 11 is 0. The number of hydrogen-bond donors (Lipinski definition) is 0. The number of carbonyl (C=O) groups is 1. The Morgan fingerprint density at radius 2 is 2.00 bits per heavy atom. The fraction of sp³-hybridized carbons (Fsp3) is 0.571. The molecule has 0 unspecified atom stereocenters. The fourth-order valence-corrected chi connectivity index (χ4v) is 3.57. The third-order valence-corrected chi connectivity index (χ3v) is 4.77. The van der Waals surface area contributed by atoms with Crippen molar-refractivity contribution >= 4 is 11.6 Å².